The van der Waals surface area contributed by atoms with Crippen LogP contribution in [0.5, 0.6) is 0 Å². The lowest BCUT2D eigenvalue weighted by Gasteiger charge is -2.40. The van der Waals surface area contributed by atoms with E-state index in [2.05, 4.69) is 26.1 Å². The van der Waals surface area contributed by atoms with Gasteiger partial charge in [0.05, 0.1) is 32.5 Å². The molecule has 1 fully saturated rings. The third kappa shape index (κ3) is 6.70. The second-order valence-electron chi connectivity index (χ2n) is 6.09. The van der Waals surface area contributed by atoms with Crippen LogP contribution in [0.15, 0.2) is 0 Å². The van der Waals surface area contributed by atoms with Gasteiger partial charge in [0.2, 0.25) is 0 Å². The molecule has 1 aliphatic carbocycles. The molecule has 0 aromatic heterocycles. The fraction of sp³-hybridized carbons (Fsp3) is 1.00. The van der Waals surface area contributed by atoms with Crippen LogP contribution in [0.2, 0.25) is 0 Å². The molecule has 0 spiro atoms. The van der Waals surface area contributed by atoms with E-state index >= 15 is 0 Å². The zero-order chi connectivity index (χ0) is 14.1. The van der Waals surface area contributed by atoms with Crippen molar-refractivity contribution in [2.45, 2.75) is 52.2 Å². The first-order chi connectivity index (χ1) is 9.09. The van der Waals surface area contributed by atoms with Gasteiger partial charge in [-0.25, -0.2) is 0 Å². The highest BCUT2D eigenvalue weighted by atomic mass is 16.5. The largest absolute Gasteiger partial charge is 0.382 e. The Morgan fingerprint density at radius 3 is 2.58 bits per heavy atom. The molecule has 1 N–H and O–H groups in total. The van der Waals surface area contributed by atoms with Crippen LogP contribution in [0.25, 0.3) is 0 Å². The van der Waals surface area contributed by atoms with E-state index in [0.717, 1.165) is 13.0 Å². The number of hydrogen-bond acceptors (Lipinski definition) is 4. The predicted molar refractivity (Wildman–Crippen MR) is 77.5 cm³/mol. The van der Waals surface area contributed by atoms with E-state index in [0.29, 0.717) is 44.0 Å². The molecule has 114 valence electrons. The summed E-state index contributed by atoms with van der Waals surface area (Å²) in [7, 11) is 1.69. The van der Waals surface area contributed by atoms with Crippen molar-refractivity contribution in [3.8, 4) is 0 Å². The fourth-order valence-corrected chi connectivity index (χ4v) is 2.69. The average molecular weight is 273 g/mol. The highest BCUT2D eigenvalue weighted by Gasteiger charge is 2.34. The van der Waals surface area contributed by atoms with Crippen molar-refractivity contribution in [3.63, 3.8) is 0 Å². The second kappa shape index (κ2) is 8.90. The monoisotopic (exact) mass is 273 g/mol. The average Bonchev–Trinajstić information content (AvgIpc) is 2.36. The van der Waals surface area contributed by atoms with Gasteiger partial charge in [-0.05, 0) is 31.2 Å². The van der Waals surface area contributed by atoms with Gasteiger partial charge in [-0.15, -0.1) is 0 Å². The van der Waals surface area contributed by atoms with Crippen molar-refractivity contribution in [2.75, 3.05) is 40.1 Å². The maximum atomic E-state index is 6.04. The molecule has 1 saturated carbocycles. The van der Waals surface area contributed by atoms with Crippen molar-refractivity contribution in [3.05, 3.63) is 0 Å². The van der Waals surface area contributed by atoms with E-state index in [1.165, 1.54) is 12.8 Å². The number of rotatable bonds is 9. The maximum absolute atomic E-state index is 6.04. The van der Waals surface area contributed by atoms with Gasteiger partial charge < -0.3 is 19.5 Å². The Morgan fingerprint density at radius 1 is 1.16 bits per heavy atom. The van der Waals surface area contributed by atoms with Crippen LogP contribution in [0.1, 0.15) is 40.0 Å². The summed E-state index contributed by atoms with van der Waals surface area (Å²) in [4.78, 5) is 0. The van der Waals surface area contributed by atoms with Gasteiger partial charge in [-0.3, -0.25) is 0 Å². The first-order valence-electron chi connectivity index (χ1n) is 7.50. The zero-order valence-electron chi connectivity index (χ0n) is 13.0. The smallest absolute Gasteiger partial charge is 0.0734 e. The molecule has 0 heterocycles. The third-order valence-electron chi connectivity index (χ3n) is 3.79. The number of methoxy groups -OCH3 is 1. The van der Waals surface area contributed by atoms with Crippen LogP contribution >= 0.6 is 0 Å². The minimum atomic E-state index is 0.315. The molecule has 2 atom stereocenters. The normalized spacial score (nSPS) is 26.5. The van der Waals surface area contributed by atoms with Crippen LogP contribution in [-0.2, 0) is 14.2 Å². The quantitative estimate of drug-likeness (QED) is 0.654. The highest BCUT2D eigenvalue weighted by Crippen LogP contribution is 2.36. The summed E-state index contributed by atoms with van der Waals surface area (Å²) in [5.41, 5.74) is 0.396. The highest BCUT2D eigenvalue weighted by molar-refractivity contribution is 4.89. The summed E-state index contributed by atoms with van der Waals surface area (Å²) in [5.74, 6) is 0. The molecule has 0 bridgehead atoms. The van der Waals surface area contributed by atoms with Crippen LogP contribution < -0.4 is 5.32 Å². The van der Waals surface area contributed by atoms with E-state index in [-0.39, 0.29) is 0 Å². The second-order valence-corrected chi connectivity index (χ2v) is 6.09. The van der Waals surface area contributed by atoms with Crippen molar-refractivity contribution in [1.29, 1.82) is 0 Å². The Kier molecular flexibility index (Phi) is 7.91. The van der Waals surface area contributed by atoms with Gasteiger partial charge in [-0.1, -0.05) is 20.8 Å². The first kappa shape index (κ1) is 16.9. The number of ether oxygens (including phenoxy) is 3. The van der Waals surface area contributed by atoms with Gasteiger partial charge in [0.15, 0.2) is 0 Å². The molecule has 0 saturated heterocycles. The van der Waals surface area contributed by atoms with E-state index in [1.54, 1.807) is 7.11 Å². The molecule has 1 aliphatic rings. The Labute approximate surface area is 118 Å². The minimum Gasteiger partial charge on any atom is -0.382 e. The van der Waals surface area contributed by atoms with Crippen molar-refractivity contribution in [1.82, 2.24) is 5.32 Å². The summed E-state index contributed by atoms with van der Waals surface area (Å²) < 4.78 is 16.4. The molecule has 0 amide bonds. The van der Waals surface area contributed by atoms with Crippen LogP contribution in [0.3, 0.4) is 0 Å². The Bertz CT molecular complexity index is 233. The van der Waals surface area contributed by atoms with Crippen molar-refractivity contribution >= 4 is 0 Å². The molecule has 1 rings (SSSR count). The van der Waals surface area contributed by atoms with Crippen LogP contribution in [0, 0.1) is 5.41 Å². The minimum absolute atomic E-state index is 0.315. The number of likely N-dealkylation sites (N-methyl/N-ethyl adjacent to an activating group) is 1. The molecular formula is C15H31NO3. The van der Waals surface area contributed by atoms with E-state index < -0.39 is 0 Å². The summed E-state index contributed by atoms with van der Waals surface area (Å²) in [5, 5.41) is 3.55. The topological polar surface area (TPSA) is 39.7 Å². The van der Waals surface area contributed by atoms with Gasteiger partial charge in [0, 0.05) is 13.2 Å². The summed E-state index contributed by atoms with van der Waals surface area (Å²) in [6.45, 7) is 10.5. The van der Waals surface area contributed by atoms with Gasteiger partial charge in [0.1, 0.15) is 0 Å². The molecular weight excluding hydrogens is 242 g/mol. The van der Waals surface area contributed by atoms with Gasteiger partial charge >= 0.3 is 0 Å². The summed E-state index contributed by atoms with van der Waals surface area (Å²) in [6, 6.07) is 0.497. The Morgan fingerprint density at radius 2 is 1.89 bits per heavy atom. The SMILES string of the molecule is CCNC1CCC(C)(C)CC1OCCOCCOC. The third-order valence-corrected chi connectivity index (χ3v) is 3.79. The van der Waals surface area contributed by atoms with Gasteiger partial charge in [-0.2, -0.15) is 0 Å². The summed E-state index contributed by atoms with van der Waals surface area (Å²) in [6.07, 6.45) is 3.92. The maximum Gasteiger partial charge on any atom is 0.0734 e. The molecule has 0 aromatic rings. The predicted octanol–water partition coefficient (Wildman–Crippen LogP) is 2.22. The standard InChI is InChI=1S/C15H31NO3/c1-5-16-13-6-7-15(2,3)12-14(13)19-11-10-18-9-8-17-4/h13-14,16H,5-12H2,1-4H3. The molecule has 4 heteroatoms. The van der Waals surface area contributed by atoms with E-state index in [4.69, 9.17) is 14.2 Å². The van der Waals surface area contributed by atoms with E-state index in [9.17, 15) is 0 Å². The van der Waals surface area contributed by atoms with Crippen LogP contribution in [0.4, 0.5) is 0 Å². The lowest BCUT2D eigenvalue weighted by Crippen LogP contribution is -2.47. The lowest BCUT2D eigenvalue weighted by atomic mass is 9.74. The van der Waals surface area contributed by atoms with Crippen molar-refractivity contribution < 1.29 is 14.2 Å². The van der Waals surface area contributed by atoms with E-state index in [1.807, 2.05) is 0 Å². The molecule has 0 radical (unpaired) electrons. The first-order valence-corrected chi connectivity index (χ1v) is 7.50. The molecule has 0 aromatic carbocycles. The lowest BCUT2D eigenvalue weighted by molar-refractivity contribution is -0.0524. The molecule has 19 heavy (non-hydrogen) atoms. The Hall–Kier alpha value is -0.160. The van der Waals surface area contributed by atoms with Gasteiger partial charge in [0.25, 0.3) is 0 Å². The van der Waals surface area contributed by atoms with Crippen molar-refractivity contribution in [2.24, 2.45) is 5.41 Å². The zero-order valence-corrected chi connectivity index (χ0v) is 13.0. The molecule has 0 aliphatic heterocycles. The molecule has 4 nitrogen and oxygen atoms in total. The summed E-state index contributed by atoms with van der Waals surface area (Å²) >= 11 is 0. The Balaban J connectivity index is 2.25. The van der Waals surface area contributed by atoms with Crippen LogP contribution in [-0.4, -0.2) is 52.2 Å². The fourth-order valence-electron chi connectivity index (χ4n) is 2.69. The number of hydrogen-bond donors (Lipinski definition) is 1. The number of nitrogens with one attached hydrogen (secondary N) is 1. The molecule has 2 unspecified atom stereocenters.